The zero-order valence-electron chi connectivity index (χ0n) is 11.0. The summed E-state index contributed by atoms with van der Waals surface area (Å²) in [4.78, 5) is 11.1. The van der Waals surface area contributed by atoms with Crippen molar-refractivity contribution in [2.24, 2.45) is 7.05 Å². The Labute approximate surface area is 116 Å². The Balaban J connectivity index is 2.28. The summed E-state index contributed by atoms with van der Waals surface area (Å²) in [6.45, 7) is 1.44. The molecule has 106 valence electrons. The minimum atomic E-state index is -3.80. The van der Waals surface area contributed by atoms with Gasteiger partial charge in [0.2, 0.25) is 0 Å². The fraction of sp³-hybridized carbons (Fsp3) is 0.167. The molecule has 0 atom stereocenters. The van der Waals surface area contributed by atoms with Gasteiger partial charge in [-0.25, -0.2) is 8.42 Å². The van der Waals surface area contributed by atoms with Crippen molar-refractivity contribution < 1.29 is 13.2 Å². The van der Waals surface area contributed by atoms with Gasteiger partial charge in [-0.2, -0.15) is 5.10 Å². The lowest BCUT2D eigenvalue weighted by molar-refractivity contribution is 0.101. The summed E-state index contributed by atoms with van der Waals surface area (Å²) in [6.07, 6.45) is 1.32. The molecule has 0 fully saturated rings. The number of aromatic nitrogens is 2. The number of Topliss-reactive ketones (excluding diaryl/α,β-unsaturated/α-hetero) is 1. The Kier molecular flexibility index (Phi) is 3.49. The number of nitrogen functional groups attached to an aromatic ring is 1. The summed E-state index contributed by atoms with van der Waals surface area (Å²) in [5, 5.41) is 3.79. The van der Waals surface area contributed by atoms with E-state index in [1.165, 1.54) is 29.9 Å². The third-order valence-electron chi connectivity index (χ3n) is 2.66. The van der Waals surface area contributed by atoms with Crippen LogP contribution < -0.4 is 10.5 Å². The number of carbonyl (C=O) groups is 1. The van der Waals surface area contributed by atoms with Crippen LogP contribution in [0.2, 0.25) is 0 Å². The second kappa shape index (κ2) is 4.97. The summed E-state index contributed by atoms with van der Waals surface area (Å²) in [5.74, 6) is -0.156. The van der Waals surface area contributed by atoms with Crippen LogP contribution in [0, 0.1) is 0 Å². The molecule has 7 nitrogen and oxygen atoms in total. The number of hydrogen-bond acceptors (Lipinski definition) is 5. The van der Waals surface area contributed by atoms with Crippen LogP contribution >= 0.6 is 0 Å². The topological polar surface area (TPSA) is 107 Å². The lowest BCUT2D eigenvalue weighted by Gasteiger charge is -2.07. The van der Waals surface area contributed by atoms with Crippen LogP contribution in [0.5, 0.6) is 0 Å². The average molecular weight is 294 g/mol. The minimum absolute atomic E-state index is 0.0691. The van der Waals surface area contributed by atoms with Gasteiger partial charge in [-0.15, -0.1) is 0 Å². The normalized spacial score (nSPS) is 11.3. The quantitative estimate of drug-likeness (QED) is 0.818. The first kappa shape index (κ1) is 14.1. The number of anilines is 2. The van der Waals surface area contributed by atoms with Crippen LogP contribution in [0.3, 0.4) is 0 Å². The van der Waals surface area contributed by atoms with Crippen molar-refractivity contribution in [1.29, 1.82) is 0 Å². The van der Waals surface area contributed by atoms with E-state index < -0.39 is 10.0 Å². The molecular weight excluding hydrogens is 280 g/mol. The highest BCUT2D eigenvalue weighted by Gasteiger charge is 2.20. The second-order valence-corrected chi connectivity index (χ2v) is 5.94. The van der Waals surface area contributed by atoms with Gasteiger partial charge in [0.05, 0.1) is 0 Å². The predicted molar refractivity (Wildman–Crippen MR) is 74.9 cm³/mol. The Morgan fingerprint density at radius 3 is 2.35 bits per heavy atom. The Morgan fingerprint density at radius 2 is 1.90 bits per heavy atom. The molecule has 1 heterocycles. The number of nitrogens with zero attached hydrogens (tertiary/aromatic N) is 2. The summed E-state index contributed by atoms with van der Waals surface area (Å²) in [7, 11) is -2.22. The molecule has 0 saturated heterocycles. The number of benzene rings is 1. The van der Waals surface area contributed by atoms with Crippen LogP contribution in [0.4, 0.5) is 11.5 Å². The average Bonchev–Trinajstić information content (AvgIpc) is 2.69. The molecule has 2 aromatic rings. The van der Waals surface area contributed by atoms with Crippen molar-refractivity contribution in [2.75, 3.05) is 10.5 Å². The molecule has 0 amide bonds. The fourth-order valence-electron chi connectivity index (χ4n) is 1.67. The first-order valence-electron chi connectivity index (χ1n) is 5.72. The summed E-state index contributed by atoms with van der Waals surface area (Å²) < 4.78 is 28.0. The highest BCUT2D eigenvalue weighted by Crippen LogP contribution is 2.20. The minimum Gasteiger partial charge on any atom is -0.381 e. The maximum atomic E-state index is 12.1. The van der Waals surface area contributed by atoms with Crippen molar-refractivity contribution in [2.45, 2.75) is 11.8 Å². The largest absolute Gasteiger partial charge is 0.381 e. The van der Waals surface area contributed by atoms with Gasteiger partial charge in [-0.05, 0) is 31.2 Å². The molecule has 2 rings (SSSR count). The van der Waals surface area contributed by atoms with Gasteiger partial charge in [0.15, 0.2) is 11.6 Å². The number of nitrogens with two attached hydrogens (primary N) is 1. The Bertz CT molecular complexity index is 748. The summed E-state index contributed by atoms with van der Waals surface area (Å²) in [5.41, 5.74) is 6.40. The van der Waals surface area contributed by atoms with Crippen LogP contribution in [-0.4, -0.2) is 24.0 Å². The maximum Gasteiger partial charge on any atom is 0.267 e. The first-order chi connectivity index (χ1) is 9.29. The van der Waals surface area contributed by atoms with E-state index in [1.807, 2.05) is 0 Å². The smallest absolute Gasteiger partial charge is 0.267 e. The van der Waals surface area contributed by atoms with E-state index in [4.69, 9.17) is 5.73 Å². The van der Waals surface area contributed by atoms with Gasteiger partial charge in [-0.1, -0.05) is 0 Å². The number of ketones is 1. The van der Waals surface area contributed by atoms with E-state index in [2.05, 4.69) is 9.82 Å². The SMILES string of the molecule is CC(=O)c1ccc(NS(=O)(=O)c2cn(C)nc2N)cc1. The monoisotopic (exact) mass is 294 g/mol. The number of aryl methyl sites for hydroxylation is 1. The number of hydrogen-bond donors (Lipinski definition) is 2. The van der Waals surface area contributed by atoms with Crippen LogP contribution in [0.15, 0.2) is 35.4 Å². The van der Waals surface area contributed by atoms with Crippen LogP contribution in [-0.2, 0) is 17.1 Å². The molecule has 20 heavy (non-hydrogen) atoms. The number of carbonyl (C=O) groups excluding carboxylic acids is 1. The molecule has 0 saturated carbocycles. The van der Waals surface area contributed by atoms with E-state index in [1.54, 1.807) is 19.2 Å². The molecule has 0 bridgehead atoms. The number of sulfonamides is 1. The van der Waals surface area contributed by atoms with Crippen molar-refractivity contribution in [3.05, 3.63) is 36.0 Å². The zero-order chi connectivity index (χ0) is 14.9. The maximum absolute atomic E-state index is 12.1. The molecule has 0 spiro atoms. The highest BCUT2D eigenvalue weighted by molar-refractivity contribution is 7.92. The van der Waals surface area contributed by atoms with Crippen molar-refractivity contribution in [1.82, 2.24) is 9.78 Å². The van der Waals surface area contributed by atoms with Crippen LogP contribution in [0.1, 0.15) is 17.3 Å². The van der Waals surface area contributed by atoms with Gasteiger partial charge in [0.25, 0.3) is 10.0 Å². The van der Waals surface area contributed by atoms with Crippen molar-refractivity contribution in [3.8, 4) is 0 Å². The van der Waals surface area contributed by atoms with Crippen molar-refractivity contribution in [3.63, 3.8) is 0 Å². The van der Waals surface area contributed by atoms with E-state index in [0.717, 1.165) is 0 Å². The molecule has 1 aromatic heterocycles. The van der Waals surface area contributed by atoms with Crippen LogP contribution in [0.25, 0.3) is 0 Å². The van der Waals surface area contributed by atoms with Crippen molar-refractivity contribution >= 4 is 27.3 Å². The molecule has 3 N–H and O–H groups in total. The molecule has 0 unspecified atom stereocenters. The van der Waals surface area contributed by atoms with Gasteiger partial charge < -0.3 is 5.73 Å². The third kappa shape index (κ3) is 2.80. The fourth-order valence-corrected chi connectivity index (χ4v) is 2.84. The van der Waals surface area contributed by atoms with E-state index in [-0.39, 0.29) is 16.5 Å². The van der Waals surface area contributed by atoms with Gasteiger partial charge in [0, 0.05) is 24.5 Å². The number of nitrogens with one attached hydrogen (secondary N) is 1. The van der Waals surface area contributed by atoms with E-state index in [0.29, 0.717) is 11.3 Å². The molecule has 1 aromatic carbocycles. The molecule has 0 aliphatic heterocycles. The highest BCUT2D eigenvalue weighted by atomic mass is 32.2. The molecule has 0 radical (unpaired) electrons. The molecule has 0 aliphatic carbocycles. The van der Waals surface area contributed by atoms with Gasteiger partial charge in [0.1, 0.15) is 4.90 Å². The van der Waals surface area contributed by atoms with Gasteiger partial charge >= 0.3 is 0 Å². The number of rotatable bonds is 4. The van der Waals surface area contributed by atoms with E-state index in [9.17, 15) is 13.2 Å². The first-order valence-corrected chi connectivity index (χ1v) is 7.21. The second-order valence-electron chi connectivity index (χ2n) is 4.29. The summed E-state index contributed by atoms with van der Waals surface area (Å²) in [6, 6.07) is 6.13. The molecule has 8 heteroatoms. The molecular formula is C12H14N4O3S. The summed E-state index contributed by atoms with van der Waals surface area (Å²) >= 11 is 0. The lowest BCUT2D eigenvalue weighted by Crippen LogP contribution is -2.14. The standard InChI is InChI=1S/C12H14N4O3S/c1-8(17)9-3-5-10(6-4-9)15-20(18,19)11-7-16(2)14-12(11)13/h3-7,15H,1-2H3,(H2,13,14). The lowest BCUT2D eigenvalue weighted by atomic mass is 10.1. The molecule has 0 aliphatic rings. The third-order valence-corrected chi connectivity index (χ3v) is 4.05. The predicted octanol–water partition coefficient (Wildman–Crippen LogP) is 1.01. The van der Waals surface area contributed by atoms with Gasteiger partial charge in [-0.3, -0.25) is 14.2 Å². The Morgan fingerprint density at radius 1 is 1.30 bits per heavy atom. The zero-order valence-corrected chi connectivity index (χ0v) is 11.8. The Hall–Kier alpha value is -2.35. The van der Waals surface area contributed by atoms with E-state index >= 15 is 0 Å².